The molecule has 2 bridgehead atoms. The summed E-state index contributed by atoms with van der Waals surface area (Å²) in [6, 6.07) is 8.51. The molecule has 1 N–H and O–H groups in total. The summed E-state index contributed by atoms with van der Waals surface area (Å²) in [4.78, 5) is 2.35. The molecule has 0 aliphatic carbocycles. The second-order valence-corrected chi connectivity index (χ2v) is 6.61. The number of benzene rings is 1. The molecule has 3 heterocycles. The lowest BCUT2D eigenvalue weighted by molar-refractivity contribution is -0.139. The first kappa shape index (κ1) is 14.6. The normalized spacial score (nSPS) is 36.6. The lowest BCUT2D eigenvalue weighted by atomic mass is 9.75. The molecule has 3 fully saturated rings. The number of aliphatic hydroxyl groups is 1. The lowest BCUT2D eigenvalue weighted by Gasteiger charge is -2.50. The third-order valence-electron chi connectivity index (χ3n) is 5.26. The summed E-state index contributed by atoms with van der Waals surface area (Å²) in [5, 5.41) is 11.4. The molecule has 0 amide bonds. The Morgan fingerprint density at radius 1 is 1.09 bits per heavy atom. The molecule has 0 spiro atoms. The van der Waals surface area contributed by atoms with Crippen molar-refractivity contribution in [1.29, 1.82) is 0 Å². The van der Waals surface area contributed by atoms with E-state index >= 15 is 0 Å². The second kappa shape index (κ2) is 5.58. The molecule has 3 aliphatic rings. The Kier molecular flexibility index (Phi) is 3.71. The third-order valence-corrected chi connectivity index (χ3v) is 5.26. The van der Waals surface area contributed by atoms with Gasteiger partial charge in [0.2, 0.25) is 0 Å². The number of nitrogens with zero attached hydrogens (tertiary/aromatic N) is 1. The monoisotopic (exact) mass is 305 g/mol. The van der Waals surface area contributed by atoms with E-state index in [1.807, 2.05) is 24.3 Å². The van der Waals surface area contributed by atoms with Crippen molar-refractivity contribution in [2.45, 2.75) is 36.8 Å². The van der Waals surface area contributed by atoms with Gasteiger partial charge in [0.05, 0.1) is 32.0 Å². The van der Waals surface area contributed by atoms with Crippen LogP contribution in [0.15, 0.2) is 24.3 Å². The summed E-state index contributed by atoms with van der Waals surface area (Å²) >= 11 is 0. The van der Waals surface area contributed by atoms with E-state index in [9.17, 15) is 5.11 Å². The van der Waals surface area contributed by atoms with Crippen molar-refractivity contribution < 1.29 is 19.3 Å². The van der Waals surface area contributed by atoms with Crippen LogP contribution in [-0.4, -0.2) is 55.6 Å². The maximum Gasteiger partial charge on any atom is 0.184 e. The van der Waals surface area contributed by atoms with Gasteiger partial charge in [0.15, 0.2) is 6.29 Å². The van der Waals surface area contributed by atoms with Crippen molar-refractivity contribution in [2.75, 3.05) is 33.5 Å². The molecule has 1 aromatic rings. The Balaban J connectivity index is 1.69. The molecule has 5 nitrogen and oxygen atoms in total. The lowest BCUT2D eigenvalue weighted by Crippen LogP contribution is -2.59. The molecule has 0 aromatic heterocycles. The number of ether oxygens (including phenoxy) is 3. The summed E-state index contributed by atoms with van der Waals surface area (Å²) in [5.74, 6) is 0. The minimum absolute atomic E-state index is 0.260. The average Bonchev–Trinajstić information content (AvgIpc) is 3.03. The van der Waals surface area contributed by atoms with Crippen LogP contribution >= 0.6 is 0 Å². The van der Waals surface area contributed by atoms with Gasteiger partial charge >= 0.3 is 0 Å². The molecular formula is C17H23NO4. The summed E-state index contributed by atoms with van der Waals surface area (Å²) in [6.07, 6.45) is 1.02. The Morgan fingerprint density at radius 2 is 1.73 bits per heavy atom. The van der Waals surface area contributed by atoms with Crippen LogP contribution in [0.1, 0.15) is 30.3 Å². The van der Waals surface area contributed by atoms with Crippen molar-refractivity contribution in [3.8, 4) is 0 Å². The molecule has 22 heavy (non-hydrogen) atoms. The van der Waals surface area contributed by atoms with Crippen LogP contribution in [0.3, 0.4) is 0 Å². The first-order chi connectivity index (χ1) is 10.7. The highest BCUT2D eigenvalue weighted by atomic mass is 16.7. The van der Waals surface area contributed by atoms with Gasteiger partial charge in [0, 0.05) is 17.6 Å². The molecule has 3 saturated heterocycles. The maximum absolute atomic E-state index is 11.4. The van der Waals surface area contributed by atoms with E-state index in [1.165, 1.54) is 0 Å². The largest absolute Gasteiger partial charge is 0.385 e. The first-order valence-electron chi connectivity index (χ1n) is 8.02. The third kappa shape index (κ3) is 2.37. The van der Waals surface area contributed by atoms with Gasteiger partial charge in [-0.15, -0.1) is 0 Å². The molecule has 0 radical (unpaired) electrons. The SMILES string of the molecule is CN1C2COCC1CC(O)(c1ccccc1C1OCCO1)C2. The van der Waals surface area contributed by atoms with Crippen LogP contribution in [0.2, 0.25) is 0 Å². The van der Waals surface area contributed by atoms with Crippen molar-refractivity contribution in [2.24, 2.45) is 0 Å². The van der Waals surface area contributed by atoms with Crippen LogP contribution in [0.25, 0.3) is 0 Å². The van der Waals surface area contributed by atoms with Crippen molar-refractivity contribution in [1.82, 2.24) is 4.90 Å². The quantitative estimate of drug-likeness (QED) is 0.895. The number of likely N-dealkylation sites (N-methyl/N-ethyl adjacent to an activating group) is 1. The predicted octanol–water partition coefficient (Wildman–Crippen LogP) is 1.41. The van der Waals surface area contributed by atoms with Crippen LogP contribution in [0.4, 0.5) is 0 Å². The Morgan fingerprint density at radius 3 is 2.41 bits per heavy atom. The second-order valence-electron chi connectivity index (χ2n) is 6.61. The molecular weight excluding hydrogens is 282 g/mol. The molecule has 1 aromatic carbocycles. The topological polar surface area (TPSA) is 51.2 Å². The Bertz CT molecular complexity index is 529. The van der Waals surface area contributed by atoms with E-state index in [4.69, 9.17) is 14.2 Å². The summed E-state index contributed by atoms with van der Waals surface area (Å²) in [5.41, 5.74) is 1.08. The molecule has 0 saturated carbocycles. The predicted molar refractivity (Wildman–Crippen MR) is 80.4 cm³/mol. The fraction of sp³-hybridized carbons (Fsp3) is 0.647. The highest BCUT2D eigenvalue weighted by Crippen LogP contribution is 2.43. The first-order valence-corrected chi connectivity index (χ1v) is 8.02. The van der Waals surface area contributed by atoms with Crippen LogP contribution in [0.5, 0.6) is 0 Å². The number of piperidine rings is 1. The molecule has 120 valence electrons. The minimum atomic E-state index is -0.836. The number of morpholine rings is 1. The molecule has 4 rings (SSSR count). The zero-order valence-corrected chi connectivity index (χ0v) is 12.9. The standard InChI is InChI=1S/C17H23NO4/c1-18-12-8-17(19,9-13(18)11-20-10-12)15-5-3-2-4-14(15)16-21-6-7-22-16/h2-5,12-13,16,19H,6-11H2,1H3. The van der Waals surface area contributed by atoms with E-state index < -0.39 is 5.60 Å². The number of fused-ring (bicyclic) bond motifs is 2. The van der Waals surface area contributed by atoms with E-state index in [-0.39, 0.29) is 18.4 Å². The van der Waals surface area contributed by atoms with E-state index in [2.05, 4.69) is 11.9 Å². The van der Waals surface area contributed by atoms with Crippen molar-refractivity contribution in [3.63, 3.8) is 0 Å². The van der Waals surface area contributed by atoms with E-state index in [0.717, 1.165) is 11.1 Å². The summed E-state index contributed by atoms with van der Waals surface area (Å²) in [7, 11) is 2.13. The van der Waals surface area contributed by atoms with Crippen molar-refractivity contribution in [3.05, 3.63) is 35.4 Å². The maximum atomic E-state index is 11.4. The molecule has 2 unspecified atom stereocenters. The summed E-state index contributed by atoms with van der Waals surface area (Å²) in [6.45, 7) is 2.60. The van der Waals surface area contributed by atoms with Gasteiger partial charge in [0.1, 0.15) is 0 Å². The van der Waals surface area contributed by atoms with Gasteiger partial charge in [-0.25, -0.2) is 0 Å². The minimum Gasteiger partial charge on any atom is -0.385 e. The smallest absolute Gasteiger partial charge is 0.184 e. The zero-order valence-electron chi connectivity index (χ0n) is 12.9. The Hall–Kier alpha value is -0.980. The Labute approximate surface area is 130 Å². The zero-order chi connectivity index (χ0) is 15.2. The van der Waals surface area contributed by atoms with Crippen LogP contribution < -0.4 is 0 Å². The van der Waals surface area contributed by atoms with Gasteiger partial charge in [-0.3, -0.25) is 4.90 Å². The fourth-order valence-corrected chi connectivity index (χ4v) is 4.03. The molecule has 3 aliphatic heterocycles. The number of hydrogen-bond acceptors (Lipinski definition) is 5. The molecule has 5 heteroatoms. The van der Waals surface area contributed by atoms with Gasteiger partial charge < -0.3 is 19.3 Å². The van der Waals surface area contributed by atoms with E-state index in [0.29, 0.717) is 39.3 Å². The van der Waals surface area contributed by atoms with Gasteiger partial charge in [-0.1, -0.05) is 24.3 Å². The fourth-order valence-electron chi connectivity index (χ4n) is 4.03. The number of rotatable bonds is 2. The van der Waals surface area contributed by atoms with Gasteiger partial charge in [0.25, 0.3) is 0 Å². The molecule has 2 atom stereocenters. The van der Waals surface area contributed by atoms with Gasteiger partial charge in [-0.2, -0.15) is 0 Å². The van der Waals surface area contributed by atoms with E-state index in [1.54, 1.807) is 0 Å². The van der Waals surface area contributed by atoms with Gasteiger partial charge in [-0.05, 0) is 25.5 Å². The highest BCUT2D eigenvalue weighted by Gasteiger charge is 2.47. The summed E-state index contributed by atoms with van der Waals surface area (Å²) < 4.78 is 17.0. The van der Waals surface area contributed by atoms with Crippen LogP contribution in [0, 0.1) is 0 Å². The number of hydrogen-bond donors (Lipinski definition) is 1. The van der Waals surface area contributed by atoms with Crippen LogP contribution in [-0.2, 0) is 19.8 Å². The van der Waals surface area contributed by atoms with Crippen molar-refractivity contribution >= 4 is 0 Å². The highest BCUT2D eigenvalue weighted by molar-refractivity contribution is 5.35. The average molecular weight is 305 g/mol.